The van der Waals surface area contributed by atoms with Crippen molar-refractivity contribution >= 4 is 10.8 Å². The quantitative estimate of drug-likeness (QED) is 0.538. The zero-order valence-electron chi connectivity index (χ0n) is 6.10. The third kappa shape index (κ3) is 0.960. The van der Waals surface area contributed by atoms with Gasteiger partial charge in [0.05, 0.1) is 0 Å². The molecule has 1 nitrogen and oxygen atoms in total. The number of halogens is 1. The van der Waals surface area contributed by atoms with Gasteiger partial charge in [0.15, 0.2) is 6.26 Å². The molecule has 12 heavy (non-hydrogen) atoms. The van der Waals surface area contributed by atoms with E-state index in [9.17, 15) is 4.39 Å². The molecule has 2 aromatic rings. The molecule has 1 aromatic heterocycles. The first kappa shape index (κ1) is 6.93. The van der Waals surface area contributed by atoms with Crippen molar-refractivity contribution in [3.63, 3.8) is 0 Å². The summed E-state index contributed by atoms with van der Waals surface area (Å²) in [5, 5.41) is 1.61. The van der Waals surface area contributed by atoms with E-state index in [4.69, 9.17) is 4.42 Å². The lowest BCUT2D eigenvalue weighted by atomic mass is 10.1. The van der Waals surface area contributed by atoms with Gasteiger partial charge in [-0.25, -0.2) is 0 Å². The zero-order chi connectivity index (χ0) is 8.39. The number of rotatable bonds is 0. The number of benzene rings is 1. The largest absolute Gasteiger partial charge is 0.460 e. The molecule has 2 rings (SSSR count). The summed E-state index contributed by atoms with van der Waals surface area (Å²) in [5.74, 6) is 2.34. The Morgan fingerprint density at radius 1 is 1.42 bits per heavy atom. The molecule has 0 N–H and O–H groups in total. The first-order chi connectivity index (χ1) is 5.92. The summed E-state index contributed by atoms with van der Waals surface area (Å²) < 4.78 is 16.5. The van der Waals surface area contributed by atoms with Crippen LogP contribution in [0.1, 0.15) is 5.56 Å². The summed E-state index contributed by atoms with van der Waals surface area (Å²) >= 11 is 0. The summed E-state index contributed by atoms with van der Waals surface area (Å²) in [6, 6.07) is 5.36. The summed E-state index contributed by atoms with van der Waals surface area (Å²) in [5.41, 5.74) is 0.625. The van der Waals surface area contributed by atoms with Crippen LogP contribution in [0.3, 0.4) is 0 Å². The molecule has 2 heteroatoms. The van der Waals surface area contributed by atoms with Crippen molar-refractivity contribution in [2.24, 2.45) is 0 Å². The average Bonchev–Trinajstić information content (AvgIpc) is 2.53. The highest BCUT2D eigenvalue weighted by atomic mass is 19.1. The highest BCUT2D eigenvalue weighted by molar-refractivity contribution is 5.86. The monoisotopic (exact) mass is 159 g/mol. The van der Waals surface area contributed by atoms with Crippen LogP contribution < -0.4 is 0 Å². The SMILES string of the molecule is FC#Cc1cccc2[c]occ12. The fourth-order valence-corrected chi connectivity index (χ4v) is 1.09. The standard InChI is InChI=1S/C10H4FO/c11-5-4-8-2-1-3-9-6-12-7-10(8)9/h1-3,7H. The van der Waals surface area contributed by atoms with Gasteiger partial charge in [-0.1, -0.05) is 12.1 Å². The Bertz CT molecular complexity index is 459. The van der Waals surface area contributed by atoms with Gasteiger partial charge in [-0.2, -0.15) is 0 Å². The second-order valence-electron chi connectivity index (χ2n) is 2.32. The van der Waals surface area contributed by atoms with Crippen LogP contribution in [0.5, 0.6) is 0 Å². The third-order valence-electron chi connectivity index (χ3n) is 1.63. The second-order valence-corrected chi connectivity index (χ2v) is 2.32. The van der Waals surface area contributed by atoms with E-state index >= 15 is 0 Å². The molecule has 1 heterocycles. The van der Waals surface area contributed by atoms with Gasteiger partial charge in [0.1, 0.15) is 12.4 Å². The average molecular weight is 159 g/mol. The van der Waals surface area contributed by atoms with Crippen LogP contribution in [0.25, 0.3) is 10.8 Å². The van der Waals surface area contributed by atoms with Crippen molar-refractivity contribution in [3.05, 3.63) is 36.3 Å². The topological polar surface area (TPSA) is 13.1 Å². The number of hydrogen-bond acceptors (Lipinski definition) is 1. The predicted octanol–water partition coefficient (Wildman–Crippen LogP) is 2.51. The van der Waals surface area contributed by atoms with E-state index in [-0.39, 0.29) is 0 Å². The normalized spacial score (nSPS) is 9.42. The van der Waals surface area contributed by atoms with Gasteiger partial charge in [-0.3, -0.25) is 0 Å². The van der Waals surface area contributed by atoms with Crippen LogP contribution in [-0.4, -0.2) is 0 Å². The van der Waals surface area contributed by atoms with Gasteiger partial charge in [0.2, 0.25) is 0 Å². The maximum atomic E-state index is 11.7. The van der Waals surface area contributed by atoms with E-state index in [1.54, 1.807) is 12.1 Å². The molecule has 0 amide bonds. The van der Waals surface area contributed by atoms with E-state index in [1.807, 2.05) is 6.07 Å². The van der Waals surface area contributed by atoms with E-state index < -0.39 is 0 Å². The lowest BCUT2D eigenvalue weighted by molar-refractivity contribution is 0.563. The van der Waals surface area contributed by atoms with Gasteiger partial charge < -0.3 is 4.42 Å². The Morgan fingerprint density at radius 3 is 3.17 bits per heavy atom. The summed E-state index contributed by atoms with van der Waals surface area (Å²) in [6.07, 6.45) is 5.52. The van der Waals surface area contributed by atoms with Crippen LogP contribution in [0.2, 0.25) is 0 Å². The molecule has 0 aliphatic carbocycles. The van der Waals surface area contributed by atoms with Gasteiger partial charge in [0, 0.05) is 16.3 Å². The fraction of sp³-hybridized carbons (Fsp3) is 0. The lowest BCUT2D eigenvalue weighted by Crippen LogP contribution is -1.73. The molecule has 0 saturated carbocycles. The molecule has 0 aliphatic rings. The third-order valence-corrected chi connectivity index (χ3v) is 1.63. The Morgan fingerprint density at radius 2 is 2.33 bits per heavy atom. The van der Waals surface area contributed by atoms with Crippen molar-refractivity contribution in [3.8, 4) is 12.1 Å². The Hall–Kier alpha value is -1.75. The Kier molecular flexibility index (Phi) is 1.56. The van der Waals surface area contributed by atoms with Crippen LogP contribution in [0.4, 0.5) is 4.39 Å². The zero-order valence-corrected chi connectivity index (χ0v) is 6.10. The minimum absolute atomic E-state index is 0.625. The van der Waals surface area contributed by atoms with Gasteiger partial charge in [-0.05, 0) is 12.0 Å². The molecule has 1 radical (unpaired) electrons. The molecule has 0 unspecified atom stereocenters. The van der Waals surface area contributed by atoms with Gasteiger partial charge >= 0.3 is 0 Å². The van der Waals surface area contributed by atoms with Crippen LogP contribution in [0.15, 0.2) is 28.9 Å². The number of fused-ring (bicyclic) bond motifs is 1. The second kappa shape index (κ2) is 2.71. The van der Waals surface area contributed by atoms with E-state index in [0.717, 1.165) is 10.8 Å². The molecule has 0 saturated heterocycles. The highest BCUT2D eigenvalue weighted by Gasteiger charge is 1.99. The number of hydrogen-bond donors (Lipinski definition) is 0. The summed E-state index contributed by atoms with van der Waals surface area (Å²) in [6.45, 7) is 0. The highest BCUT2D eigenvalue weighted by Crippen LogP contribution is 2.17. The molecule has 0 spiro atoms. The maximum Gasteiger partial charge on any atom is 0.177 e. The van der Waals surface area contributed by atoms with Crippen molar-refractivity contribution in [2.75, 3.05) is 0 Å². The minimum atomic E-state index is 0.625. The fourth-order valence-electron chi connectivity index (χ4n) is 1.09. The van der Waals surface area contributed by atoms with Crippen LogP contribution in [-0.2, 0) is 0 Å². The first-order valence-corrected chi connectivity index (χ1v) is 3.41. The molecule has 57 valence electrons. The number of furan rings is 1. The van der Waals surface area contributed by atoms with Crippen LogP contribution in [0, 0.1) is 18.4 Å². The van der Waals surface area contributed by atoms with Gasteiger partial charge in [0.25, 0.3) is 0 Å². The smallest absolute Gasteiger partial charge is 0.177 e. The Balaban J connectivity index is 2.79. The minimum Gasteiger partial charge on any atom is -0.460 e. The van der Waals surface area contributed by atoms with Crippen molar-refractivity contribution < 1.29 is 8.81 Å². The molecule has 0 atom stereocenters. The summed E-state index contributed by atoms with van der Waals surface area (Å²) in [4.78, 5) is 0. The maximum absolute atomic E-state index is 11.7. The molecule has 0 aliphatic heterocycles. The van der Waals surface area contributed by atoms with Gasteiger partial charge in [-0.15, -0.1) is 4.39 Å². The Labute approximate surface area is 68.8 Å². The lowest BCUT2D eigenvalue weighted by Gasteiger charge is -1.89. The molecule has 0 fully saturated rings. The first-order valence-electron chi connectivity index (χ1n) is 3.41. The van der Waals surface area contributed by atoms with Crippen molar-refractivity contribution in [1.82, 2.24) is 0 Å². The van der Waals surface area contributed by atoms with Crippen LogP contribution >= 0.6 is 0 Å². The van der Waals surface area contributed by atoms with E-state index in [2.05, 4.69) is 12.2 Å². The predicted molar refractivity (Wildman–Crippen MR) is 43.0 cm³/mol. The van der Waals surface area contributed by atoms with E-state index in [1.165, 1.54) is 12.4 Å². The molecular formula is C10H4FO. The molecule has 0 bridgehead atoms. The molecule has 1 aromatic carbocycles. The summed E-state index contributed by atoms with van der Waals surface area (Å²) in [7, 11) is 0. The van der Waals surface area contributed by atoms with Crippen molar-refractivity contribution in [2.45, 2.75) is 0 Å². The van der Waals surface area contributed by atoms with E-state index in [0.29, 0.717) is 5.56 Å². The van der Waals surface area contributed by atoms with Crippen molar-refractivity contribution in [1.29, 1.82) is 0 Å². The molecular weight excluding hydrogens is 155 g/mol.